The lowest BCUT2D eigenvalue weighted by atomic mass is 10.1. The Hall–Kier alpha value is -3.42. The number of hydrogen-bond acceptors (Lipinski definition) is 5. The van der Waals surface area contributed by atoms with Gasteiger partial charge in [-0.15, -0.1) is 0 Å². The third kappa shape index (κ3) is 2.65. The number of anilines is 1. The van der Waals surface area contributed by atoms with E-state index in [1.165, 1.54) is 22.8 Å². The molecule has 122 valence electrons. The van der Waals surface area contributed by atoms with Crippen LogP contribution in [0.1, 0.15) is 15.9 Å². The highest BCUT2D eigenvalue weighted by atomic mass is 16.6. The lowest BCUT2D eigenvalue weighted by Crippen LogP contribution is -2.13. The van der Waals surface area contributed by atoms with E-state index in [1.54, 1.807) is 32.2 Å². The second kappa shape index (κ2) is 5.65. The van der Waals surface area contributed by atoms with Crippen LogP contribution < -0.4 is 11.1 Å². The van der Waals surface area contributed by atoms with Gasteiger partial charge in [0, 0.05) is 36.5 Å². The average Bonchev–Trinajstić information content (AvgIpc) is 2.81. The molecule has 1 amide bonds. The first-order valence-corrected chi connectivity index (χ1v) is 7.03. The highest BCUT2D eigenvalue weighted by Gasteiger charge is 2.14. The monoisotopic (exact) mass is 327 g/mol. The van der Waals surface area contributed by atoms with Crippen molar-refractivity contribution < 1.29 is 14.1 Å². The SMILES string of the molecule is Cc1cc([N+](=O)[O-])ccc1C(=O)Nc1ccc2c(c1)oc(=O)n2C. The number of hydrogen-bond donors (Lipinski definition) is 1. The molecule has 0 unspecified atom stereocenters. The maximum atomic E-state index is 12.3. The number of nitrogens with zero attached hydrogens (tertiary/aromatic N) is 2. The van der Waals surface area contributed by atoms with Crippen molar-refractivity contribution in [3.63, 3.8) is 0 Å². The van der Waals surface area contributed by atoms with E-state index in [9.17, 15) is 19.7 Å². The molecule has 0 atom stereocenters. The first kappa shape index (κ1) is 15.5. The van der Waals surface area contributed by atoms with Crippen LogP contribution in [0.15, 0.2) is 45.6 Å². The summed E-state index contributed by atoms with van der Waals surface area (Å²) >= 11 is 0. The Balaban J connectivity index is 1.89. The molecule has 8 heteroatoms. The molecule has 3 aromatic rings. The molecular formula is C16H13N3O5. The Labute approximate surface area is 135 Å². The summed E-state index contributed by atoms with van der Waals surface area (Å²) in [4.78, 5) is 34.1. The maximum Gasteiger partial charge on any atom is 0.419 e. The first-order chi connectivity index (χ1) is 11.4. The van der Waals surface area contributed by atoms with Crippen LogP contribution in [0.3, 0.4) is 0 Å². The number of amides is 1. The highest BCUT2D eigenvalue weighted by molar-refractivity contribution is 6.06. The second-order valence-electron chi connectivity index (χ2n) is 5.32. The van der Waals surface area contributed by atoms with Crippen molar-refractivity contribution in [2.24, 2.45) is 7.05 Å². The molecule has 0 saturated heterocycles. The van der Waals surface area contributed by atoms with Gasteiger partial charge in [-0.1, -0.05) is 0 Å². The zero-order valence-electron chi connectivity index (χ0n) is 12.9. The van der Waals surface area contributed by atoms with Gasteiger partial charge in [0.2, 0.25) is 0 Å². The van der Waals surface area contributed by atoms with Crippen molar-refractivity contribution in [1.82, 2.24) is 4.57 Å². The molecule has 0 aliphatic carbocycles. The smallest absolute Gasteiger partial charge is 0.408 e. The summed E-state index contributed by atoms with van der Waals surface area (Å²) in [6, 6.07) is 8.89. The van der Waals surface area contributed by atoms with Crippen LogP contribution in [-0.4, -0.2) is 15.4 Å². The van der Waals surface area contributed by atoms with Crippen LogP contribution in [-0.2, 0) is 7.05 Å². The number of aromatic nitrogens is 1. The number of fused-ring (bicyclic) bond motifs is 1. The summed E-state index contributed by atoms with van der Waals surface area (Å²) in [6.07, 6.45) is 0. The quantitative estimate of drug-likeness (QED) is 0.587. The molecule has 3 rings (SSSR count). The minimum Gasteiger partial charge on any atom is -0.408 e. The summed E-state index contributed by atoms with van der Waals surface area (Å²) in [5.74, 6) is -0.889. The Kier molecular flexibility index (Phi) is 3.64. The topological polar surface area (TPSA) is 107 Å². The van der Waals surface area contributed by atoms with Crippen LogP contribution >= 0.6 is 0 Å². The van der Waals surface area contributed by atoms with Gasteiger partial charge in [0.1, 0.15) is 0 Å². The zero-order valence-corrected chi connectivity index (χ0v) is 12.9. The molecule has 0 aliphatic rings. The van der Waals surface area contributed by atoms with E-state index in [-0.39, 0.29) is 5.69 Å². The fraction of sp³-hybridized carbons (Fsp3) is 0.125. The number of nitrogens with one attached hydrogen (secondary N) is 1. The van der Waals surface area contributed by atoms with E-state index in [4.69, 9.17) is 4.42 Å². The van der Waals surface area contributed by atoms with E-state index >= 15 is 0 Å². The third-order valence-electron chi connectivity index (χ3n) is 3.72. The summed E-state index contributed by atoms with van der Waals surface area (Å²) in [5.41, 5.74) is 2.19. The van der Waals surface area contributed by atoms with E-state index in [0.29, 0.717) is 27.9 Å². The van der Waals surface area contributed by atoms with Gasteiger partial charge >= 0.3 is 5.76 Å². The van der Waals surface area contributed by atoms with Crippen LogP contribution in [0.2, 0.25) is 0 Å². The minimum atomic E-state index is -0.514. The average molecular weight is 327 g/mol. The Morgan fingerprint density at radius 2 is 2.00 bits per heavy atom. The van der Waals surface area contributed by atoms with Crippen LogP contribution in [0.5, 0.6) is 0 Å². The largest absolute Gasteiger partial charge is 0.419 e. The Bertz CT molecular complexity index is 1030. The predicted octanol–water partition coefficient (Wildman–Crippen LogP) is 2.60. The number of rotatable bonds is 3. The van der Waals surface area contributed by atoms with Gasteiger partial charge in [0.05, 0.1) is 10.4 Å². The number of aryl methyl sites for hydroxylation is 2. The van der Waals surface area contributed by atoms with Crippen LogP contribution in [0.4, 0.5) is 11.4 Å². The molecule has 0 spiro atoms. The fourth-order valence-corrected chi connectivity index (χ4v) is 2.43. The van der Waals surface area contributed by atoms with Crippen molar-refractivity contribution in [3.8, 4) is 0 Å². The van der Waals surface area contributed by atoms with E-state index in [1.807, 2.05) is 0 Å². The molecule has 1 aromatic heterocycles. The number of benzene rings is 2. The van der Waals surface area contributed by atoms with Gasteiger partial charge in [-0.05, 0) is 30.7 Å². The Morgan fingerprint density at radius 3 is 2.67 bits per heavy atom. The van der Waals surface area contributed by atoms with Crippen LogP contribution in [0.25, 0.3) is 11.1 Å². The number of carbonyl (C=O) groups is 1. The van der Waals surface area contributed by atoms with E-state index < -0.39 is 16.6 Å². The van der Waals surface area contributed by atoms with Gasteiger partial charge in [-0.2, -0.15) is 0 Å². The maximum absolute atomic E-state index is 12.3. The van der Waals surface area contributed by atoms with Gasteiger partial charge in [-0.25, -0.2) is 4.79 Å². The molecular weight excluding hydrogens is 314 g/mol. The molecule has 0 aliphatic heterocycles. The van der Waals surface area contributed by atoms with Gasteiger partial charge in [0.25, 0.3) is 11.6 Å². The number of nitro groups is 1. The predicted molar refractivity (Wildman–Crippen MR) is 87.2 cm³/mol. The molecule has 8 nitrogen and oxygen atoms in total. The van der Waals surface area contributed by atoms with E-state index in [0.717, 1.165) is 0 Å². The number of oxazole rings is 1. The molecule has 1 heterocycles. The lowest BCUT2D eigenvalue weighted by molar-refractivity contribution is -0.384. The fourth-order valence-electron chi connectivity index (χ4n) is 2.43. The van der Waals surface area contributed by atoms with Crippen molar-refractivity contribution >= 4 is 28.4 Å². The third-order valence-corrected chi connectivity index (χ3v) is 3.72. The van der Waals surface area contributed by atoms with Crippen LogP contribution in [0, 0.1) is 17.0 Å². The normalized spacial score (nSPS) is 10.8. The number of nitro benzene ring substituents is 1. The molecule has 2 aromatic carbocycles. The zero-order chi connectivity index (χ0) is 17.4. The minimum absolute atomic E-state index is 0.0727. The van der Waals surface area contributed by atoms with Crippen molar-refractivity contribution in [3.05, 3.63) is 68.2 Å². The van der Waals surface area contributed by atoms with Crippen molar-refractivity contribution in [2.45, 2.75) is 6.92 Å². The molecule has 24 heavy (non-hydrogen) atoms. The van der Waals surface area contributed by atoms with Crippen molar-refractivity contribution in [1.29, 1.82) is 0 Å². The molecule has 0 saturated carbocycles. The molecule has 0 fully saturated rings. The highest BCUT2D eigenvalue weighted by Crippen LogP contribution is 2.21. The first-order valence-electron chi connectivity index (χ1n) is 7.03. The summed E-state index contributed by atoms with van der Waals surface area (Å²) in [7, 11) is 1.59. The molecule has 0 bridgehead atoms. The van der Waals surface area contributed by atoms with Gasteiger partial charge in [0.15, 0.2) is 5.58 Å². The molecule has 0 radical (unpaired) electrons. The Morgan fingerprint density at radius 1 is 1.25 bits per heavy atom. The second-order valence-corrected chi connectivity index (χ2v) is 5.32. The summed E-state index contributed by atoms with van der Waals surface area (Å²) in [6.45, 7) is 1.63. The van der Waals surface area contributed by atoms with Crippen molar-refractivity contribution in [2.75, 3.05) is 5.32 Å². The summed E-state index contributed by atoms with van der Waals surface area (Å²) in [5, 5.41) is 13.4. The summed E-state index contributed by atoms with van der Waals surface area (Å²) < 4.78 is 6.44. The standard InChI is InChI=1S/C16H13N3O5/c1-9-7-11(19(22)23)4-5-12(9)15(20)17-10-3-6-13-14(8-10)24-16(21)18(13)2/h3-8H,1-2H3,(H,17,20). The number of carbonyl (C=O) groups excluding carboxylic acids is 1. The molecule has 1 N–H and O–H groups in total. The lowest BCUT2D eigenvalue weighted by Gasteiger charge is -2.07. The number of non-ortho nitro benzene ring substituents is 1. The van der Waals surface area contributed by atoms with Gasteiger partial charge in [-0.3, -0.25) is 19.5 Å². The van der Waals surface area contributed by atoms with Gasteiger partial charge < -0.3 is 9.73 Å². The van der Waals surface area contributed by atoms with E-state index in [2.05, 4.69) is 5.32 Å².